The lowest BCUT2D eigenvalue weighted by Gasteiger charge is -2.13. The predicted octanol–water partition coefficient (Wildman–Crippen LogP) is 0.650. The molecule has 1 N–H and O–H groups in total. The molecule has 1 saturated heterocycles. The lowest BCUT2D eigenvalue weighted by Crippen LogP contribution is -2.35. The molecule has 136 valence electrons. The molecule has 2 amide bonds. The number of carbonyl (C=O) groups is 2. The van der Waals surface area contributed by atoms with Crippen molar-refractivity contribution in [3.05, 3.63) is 29.8 Å². The van der Waals surface area contributed by atoms with Gasteiger partial charge in [-0.1, -0.05) is 6.07 Å². The lowest BCUT2D eigenvalue weighted by molar-refractivity contribution is 0.0914. The molecule has 1 unspecified atom stereocenters. The Morgan fingerprint density at radius 2 is 2.08 bits per heavy atom. The zero-order valence-electron chi connectivity index (χ0n) is 14.1. The van der Waals surface area contributed by atoms with Crippen LogP contribution in [0.3, 0.4) is 0 Å². The Morgan fingerprint density at radius 1 is 1.36 bits per heavy atom. The van der Waals surface area contributed by atoms with E-state index in [0.717, 1.165) is 17.1 Å². The first kappa shape index (κ1) is 17.7. The van der Waals surface area contributed by atoms with E-state index < -0.39 is 15.9 Å². The van der Waals surface area contributed by atoms with Crippen LogP contribution in [0.1, 0.15) is 23.2 Å². The maximum Gasteiger partial charge on any atom is 0.410 e. The highest BCUT2D eigenvalue weighted by molar-refractivity contribution is 7.89. The monoisotopic (exact) mass is 367 g/mol. The van der Waals surface area contributed by atoms with Crippen molar-refractivity contribution < 1.29 is 22.7 Å². The SMILES string of the molecule is CN(C)S(=O)(=O)c1cccc(C(=O)NCC2CN(C3CC3)C(=O)O2)c1. The van der Waals surface area contributed by atoms with E-state index in [1.807, 2.05) is 0 Å². The largest absolute Gasteiger partial charge is 0.442 e. The second-order valence-electron chi connectivity index (χ2n) is 6.41. The summed E-state index contributed by atoms with van der Waals surface area (Å²) in [4.78, 5) is 25.8. The van der Waals surface area contributed by atoms with Gasteiger partial charge >= 0.3 is 6.09 Å². The molecule has 1 aliphatic carbocycles. The maximum absolute atomic E-state index is 12.3. The molecule has 1 atom stereocenters. The van der Waals surface area contributed by atoms with E-state index >= 15 is 0 Å². The fraction of sp³-hybridized carbons (Fsp3) is 0.500. The zero-order valence-corrected chi connectivity index (χ0v) is 15.0. The van der Waals surface area contributed by atoms with Gasteiger partial charge in [-0.2, -0.15) is 0 Å². The first-order valence-electron chi connectivity index (χ1n) is 8.07. The minimum absolute atomic E-state index is 0.0531. The quantitative estimate of drug-likeness (QED) is 0.796. The van der Waals surface area contributed by atoms with Gasteiger partial charge in [0.15, 0.2) is 0 Å². The summed E-state index contributed by atoms with van der Waals surface area (Å²) in [6.07, 6.45) is 1.29. The molecule has 1 heterocycles. The number of rotatable bonds is 6. The van der Waals surface area contributed by atoms with Gasteiger partial charge < -0.3 is 15.0 Å². The van der Waals surface area contributed by atoms with E-state index in [9.17, 15) is 18.0 Å². The standard InChI is InChI=1S/C16H21N3O5S/c1-18(2)25(22,23)14-5-3-4-11(8-14)15(20)17-9-13-10-19(12-6-7-12)16(21)24-13/h3-5,8,12-13H,6-7,9-10H2,1-2H3,(H,17,20). The summed E-state index contributed by atoms with van der Waals surface area (Å²) < 4.78 is 30.6. The van der Waals surface area contributed by atoms with Crippen LogP contribution in [0, 0.1) is 0 Å². The summed E-state index contributed by atoms with van der Waals surface area (Å²) in [7, 11) is -0.738. The first-order chi connectivity index (χ1) is 11.8. The number of cyclic esters (lactones) is 1. The molecule has 1 aliphatic heterocycles. The Kier molecular flexibility index (Phi) is 4.70. The normalized spacial score (nSPS) is 20.7. The highest BCUT2D eigenvalue weighted by Crippen LogP contribution is 2.30. The number of benzene rings is 1. The molecule has 2 fully saturated rings. The predicted molar refractivity (Wildman–Crippen MR) is 89.6 cm³/mol. The van der Waals surface area contributed by atoms with Crippen molar-refractivity contribution in [1.29, 1.82) is 0 Å². The summed E-state index contributed by atoms with van der Waals surface area (Å²) in [5.74, 6) is -0.406. The number of carbonyl (C=O) groups excluding carboxylic acids is 2. The highest BCUT2D eigenvalue weighted by Gasteiger charge is 2.40. The van der Waals surface area contributed by atoms with Crippen LogP contribution >= 0.6 is 0 Å². The maximum atomic E-state index is 12.3. The second-order valence-corrected chi connectivity index (χ2v) is 8.57. The van der Waals surface area contributed by atoms with Gasteiger partial charge in [0.2, 0.25) is 10.0 Å². The van der Waals surface area contributed by atoms with Crippen LogP contribution in [0.15, 0.2) is 29.2 Å². The smallest absolute Gasteiger partial charge is 0.410 e. The fourth-order valence-corrected chi connectivity index (χ4v) is 3.60. The molecule has 8 nitrogen and oxygen atoms in total. The van der Waals surface area contributed by atoms with Crippen molar-refractivity contribution in [3.8, 4) is 0 Å². The molecule has 2 aliphatic rings. The van der Waals surface area contributed by atoms with Crippen molar-refractivity contribution in [2.24, 2.45) is 0 Å². The number of ether oxygens (including phenoxy) is 1. The van der Waals surface area contributed by atoms with Crippen LogP contribution in [0.4, 0.5) is 4.79 Å². The summed E-state index contributed by atoms with van der Waals surface area (Å²) in [6.45, 7) is 0.664. The summed E-state index contributed by atoms with van der Waals surface area (Å²) in [6, 6.07) is 6.12. The Morgan fingerprint density at radius 3 is 2.72 bits per heavy atom. The first-order valence-corrected chi connectivity index (χ1v) is 9.51. The van der Waals surface area contributed by atoms with Crippen LogP contribution < -0.4 is 5.32 Å². The number of nitrogens with one attached hydrogen (secondary N) is 1. The van der Waals surface area contributed by atoms with Crippen molar-refractivity contribution in [2.75, 3.05) is 27.2 Å². The van der Waals surface area contributed by atoms with Crippen LogP contribution in [0.25, 0.3) is 0 Å². The average Bonchev–Trinajstić information content (AvgIpc) is 3.35. The third kappa shape index (κ3) is 3.77. The molecule has 0 spiro atoms. The summed E-state index contributed by atoms with van der Waals surface area (Å²) in [5.41, 5.74) is 0.242. The van der Waals surface area contributed by atoms with Gasteiger partial charge in [-0.05, 0) is 31.0 Å². The van der Waals surface area contributed by atoms with Crippen LogP contribution in [-0.4, -0.2) is 69.0 Å². The molecular formula is C16H21N3O5S. The fourth-order valence-electron chi connectivity index (χ4n) is 2.65. The molecule has 1 aromatic carbocycles. The number of nitrogens with zero attached hydrogens (tertiary/aromatic N) is 2. The topological polar surface area (TPSA) is 96.0 Å². The molecule has 0 aromatic heterocycles. The van der Waals surface area contributed by atoms with E-state index in [2.05, 4.69) is 5.32 Å². The summed E-state index contributed by atoms with van der Waals surface area (Å²) >= 11 is 0. The Hall–Kier alpha value is -2.13. The molecule has 3 rings (SSSR count). The summed E-state index contributed by atoms with van der Waals surface area (Å²) in [5, 5.41) is 2.70. The molecule has 25 heavy (non-hydrogen) atoms. The van der Waals surface area contributed by atoms with Gasteiger partial charge in [-0.15, -0.1) is 0 Å². The Balaban J connectivity index is 1.61. The van der Waals surface area contributed by atoms with Crippen molar-refractivity contribution in [2.45, 2.75) is 29.9 Å². The van der Waals surface area contributed by atoms with Gasteiger partial charge in [0, 0.05) is 25.7 Å². The van der Waals surface area contributed by atoms with Gasteiger partial charge in [-0.3, -0.25) is 4.79 Å². The van der Waals surface area contributed by atoms with Gasteiger partial charge in [-0.25, -0.2) is 17.5 Å². The van der Waals surface area contributed by atoms with E-state index in [1.54, 1.807) is 11.0 Å². The zero-order chi connectivity index (χ0) is 18.2. The molecule has 1 aromatic rings. The van der Waals surface area contributed by atoms with Gasteiger partial charge in [0.1, 0.15) is 6.10 Å². The van der Waals surface area contributed by atoms with Crippen molar-refractivity contribution in [3.63, 3.8) is 0 Å². The van der Waals surface area contributed by atoms with Crippen LogP contribution in [0.5, 0.6) is 0 Å². The molecule has 0 radical (unpaired) electrons. The highest BCUT2D eigenvalue weighted by atomic mass is 32.2. The lowest BCUT2D eigenvalue weighted by atomic mass is 10.2. The molecular weight excluding hydrogens is 346 g/mol. The minimum Gasteiger partial charge on any atom is -0.442 e. The number of hydrogen-bond acceptors (Lipinski definition) is 5. The Bertz CT molecular complexity index is 789. The number of hydrogen-bond donors (Lipinski definition) is 1. The van der Waals surface area contributed by atoms with E-state index in [0.29, 0.717) is 6.54 Å². The third-order valence-electron chi connectivity index (χ3n) is 4.26. The van der Waals surface area contributed by atoms with Crippen molar-refractivity contribution in [1.82, 2.24) is 14.5 Å². The molecule has 1 saturated carbocycles. The van der Waals surface area contributed by atoms with Gasteiger partial charge in [0.05, 0.1) is 18.0 Å². The van der Waals surface area contributed by atoms with E-state index in [1.165, 1.54) is 32.3 Å². The van der Waals surface area contributed by atoms with E-state index in [-0.39, 0.29) is 35.2 Å². The second kappa shape index (κ2) is 6.64. The third-order valence-corrected chi connectivity index (χ3v) is 6.07. The van der Waals surface area contributed by atoms with Crippen LogP contribution in [-0.2, 0) is 14.8 Å². The van der Waals surface area contributed by atoms with Gasteiger partial charge in [0.25, 0.3) is 5.91 Å². The number of amides is 2. The average molecular weight is 367 g/mol. The molecule has 0 bridgehead atoms. The number of sulfonamides is 1. The van der Waals surface area contributed by atoms with Crippen LogP contribution in [0.2, 0.25) is 0 Å². The van der Waals surface area contributed by atoms with E-state index in [4.69, 9.17) is 4.74 Å². The Labute approximate surface area is 146 Å². The minimum atomic E-state index is -3.60. The molecule has 9 heteroatoms. The van der Waals surface area contributed by atoms with Crippen molar-refractivity contribution >= 4 is 22.0 Å².